The third-order valence-electron chi connectivity index (χ3n) is 5.83. The SMILES string of the molecule is CC1CCN(C[C@@H](c2cccc(Cl)c2)C2CCCCC2)CC1. The van der Waals surface area contributed by atoms with Crippen molar-refractivity contribution in [3.8, 4) is 0 Å². The molecule has 1 aliphatic carbocycles. The van der Waals surface area contributed by atoms with Crippen molar-refractivity contribution in [2.45, 2.75) is 57.8 Å². The summed E-state index contributed by atoms with van der Waals surface area (Å²) in [7, 11) is 0. The zero-order chi connectivity index (χ0) is 15.4. The summed E-state index contributed by atoms with van der Waals surface area (Å²) < 4.78 is 0. The average molecular weight is 320 g/mol. The lowest BCUT2D eigenvalue weighted by Gasteiger charge is -2.37. The molecule has 1 saturated heterocycles. The van der Waals surface area contributed by atoms with Gasteiger partial charge in [0, 0.05) is 11.6 Å². The van der Waals surface area contributed by atoms with Gasteiger partial charge in [0.25, 0.3) is 0 Å². The summed E-state index contributed by atoms with van der Waals surface area (Å²) in [5.74, 6) is 2.44. The Morgan fingerprint density at radius 1 is 1.09 bits per heavy atom. The molecule has 0 amide bonds. The van der Waals surface area contributed by atoms with E-state index >= 15 is 0 Å². The van der Waals surface area contributed by atoms with Crippen molar-refractivity contribution in [1.82, 2.24) is 4.90 Å². The van der Waals surface area contributed by atoms with E-state index in [0.29, 0.717) is 5.92 Å². The molecular weight excluding hydrogens is 290 g/mol. The van der Waals surface area contributed by atoms with Crippen LogP contribution in [0.3, 0.4) is 0 Å². The highest BCUT2D eigenvalue weighted by atomic mass is 35.5. The van der Waals surface area contributed by atoms with Crippen molar-refractivity contribution >= 4 is 11.6 Å². The fraction of sp³-hybridized carbons (Fsp3) is 0.700. The Balaban J connectivity index is 1.73. The number of likely N-dealkylation sites (tertiary alicyclic amines) is 1. The molecule has 1 aromatic rings. The van der Waals surface area contributed by atoms with E-state index in [1.54, 1.807) is 0 Å². The van der Waals surface area contributed by atoms with Gasteiger partial charge >= 0.3 is 0 Å². The molecule has 1 heterocycles. The normalized spacial score (nSPS) is 23.5. The van der Waals surface area contributed by atoms with Crippen molar-refractivity contribution in [3.05, 3.63) is 34.9 Å². The summed E-state index contributed by atoms with van der Waals surface area (Å²) >= 11 is 6.28. The zero-order valence-corrected chi connectivity index (χ0v) is 14.7. The Hall–Kier alpha value is -0.530. The minimum absolute atomic E-state index is 0.674. The van der Waals surface area contributed by atoms with Crippen molar-refractivity contribution in [3.63, 3.8) is 0 Å². The Kier molecular flexibility index (Phi) is 5.82. The van der Waals surface area contributed by atoms with Crippen molar-refractivity contribution in [2.75, 3.05) is 19.6 Å². The van der Waals surface area contributed by atoms with Crippen LogP contribution in [0.15, 0.2) is 24.3 Å². The van der Waals surface area contributed by atoms with Crippen LogP contribution in [0.1, 0.15) is 63.4 Å². The minimum Gasteiger partial charge on any atom is -0.303 e. The molecule has 0 aromatic heterocycles. The van der Waals surface area contributed by atoms with Crippen LogP contribution in [0.5, 0.6) is 0 Å². The Morgan fingerprint density at radius 3 is 2.50 bits per heavy atom. The lowest BCUT2D eigenvalue weighted by molar-refractivity contribution is 0.157. The summed E-state index contributed by atoms with van der Waals surface area (Å²) in [5, 5.41) is 0.894. The van der Waals surface area contributed by atoms with Crippen molar-refractivity contribution in [1.29, 1.82) is 0 Å². The maximum absolute atomic E-state index is 6.28. The Bertz CT molecular complexity index is 459. The highest BCUT2D eigenvalue weighted by Crippen LogP contribution is 2.37. The third kappa shape index (κ3) is 4.26. The average Bonchev–Trinajstić information content (AvgIpc) is 2.55. The van der Waals surface area contributed by atoms with E-state index < -0.39 is 0 Å². The second kappa shape index (κ2) is 7.84. The molecule has 3 rings (SSSR count). The molecule has 1 atom stereocenters. The Labute approximate surface area is 141 Å². The van der Waals surface area contributed by atoms with E-state index in [1.165, 1.54) is 70.1 Å². The Morgan fingerprint density at radius 2 is 1.82 bits per heavy atom. The van der Waals surface area contributed by atoms with Gasteiger partial charge in [-0.15, -0.1) is 0 Å². The van der Waals surface area contributed by atoms with Crippen LogP contribution in [-0.2, 0) is 0 Å². The summed E-state index contributed by atoms with van der Waals surface area (Å²) in [4.78, 5) is 2.71. The monoisotopic (exact) mass is 319 g/mol. The molecule has 2 aliphatic rings. The van der Waals surface area contributed by atoms with Gasteiger partial charge in [-0.3, -0.25) is 0 Å². The molecule has 0 unspecified atom stereocenters. The van der Waals surface area contributed by atoms with Gasteiger partial charge in [-0.05, 0) is 74.2 Å². The first-order valence-corrected chi connectivity index (χ1v) is 9.58. The summed E-state index contributed by atoms with van der Waals surface area (Å²) in [6.07, 6.45) is 9.81. The topological polar surface area (TPSA) is 3.24 Å². The number of hydrogen-bond acceptors (Lipinski definition) is 1. The maximum Gasteiger partial charge on any atom is 0.0408 e. The minimum atomic E-state index is 0.674. The molecule has 1 nitrogen and oxygen atoms in total. The van der Waals surface area contributed by atoms with Crippen LogP contribution < -0.4 is 0 Å². The van der Waals surface area contributed by atoms with Crippen molar-refractivity contribution < 1.29 is 0 Å². The van der Waals surface area contributed by atoms with Crippen LogP contribution in [0.25, 0.3) is 0 Å². The van der Waals surface area contributed by atoms with Gasteiger partial charge in [-0.1, -0.05) is 49.9 Å². The zero-order valence-electron chi connectivity index (χ0n) is 13.9. The molecule has 1 aliphatic heterocycles. The fourth-order valence-corrected chi connectivity index (χ4v) is 4.52. The van der Waals surface area contributed by atoms with E-state index in [2.05, 4.69) is 30.0 Å². The number of nitrogens with zero attached hydrogens (tertiary/aromatic N) is 1. The van der Waals surface area contributed by atoms with Crippen LogP contribution in [0.4, 0.5) is 0 Å². The van der Waals surface area contributed by atoms with E-state index in [9.17, 15) is 0 Å². The number of hydrogen-bond donors (Lipinski definition) is 0. The van der Waals surface area contributed by atoms with E-state index in [1.807, 2.05) is 6.07 Å². The fourth-order valence-electron chi connectivity index (χ4n) is 4.32. The van der Waals surface area contributed by atoms with E-state index in [-0.39, 0.29) is 0 Å². The van der Waals surface area contributed by atoms with Crippen LogP contribution >= 0.6 is 11.6 Å². The van der Waals surface area contributed by atoms with Gasteiger partial charge in [-0.25, -0.2) is 0 Å². The molecule has 1 saturated carbocycles. The van der Waals surface area contributed by atoms with Crippen LogP contribution in [-0.4, -0.2) is 24.5 Å². The maximum atomic E-state index is 6.28. The quantitative estimate of drug-likeness (QED) is 0.684. The molecule has 0 bridgehead atoms. The smallest absolute Gasteiger partial charge is 0.0408 e. The predicted molar refractivity (Wildman–Crippen MR) is 95.6 cm³/mol. The molecule has 22 heavy (non-hydrogen) atoms. The van der Waals surface area contributed by atoms with E-state index in [0.717, 1.165) is 16.9 Å². The molecule has 2 heteroatoms. The standard InChI is InChI=1S/C20H30ClN/c1-16-10-12-22(13-11-16)15-20(17-6-3-2-4-7-17)18-8-5-9-19(21)14-18/h5,8-9,14,16-17,20H,2-4,6-7,10-13,15H2,1H3/t20-/m1/s1. The van der Waals surface area contributed by atoms with Gasteiger partial charge in [0.1, 0.15) is 0 Å². The highest BCUT2D eigenvalue weighted by molar-refractivity contribution is 6.30. The molecule has 0 N–H and O–H groups in total. The van der Waals surface area contributed by atoms with E-state index in [4.69, 9.17) is 11.6 Å². The number of piperidine rings is 1. The van der Waals surface area contributed by atoms with Crippen molar-refractivity contribution in [2.24, 2.45) is 11.8 Å². The first-order valence-electron chi connectivity index (χ1n) is 9.20. The lowest BCUT2D eigenvalue weighted by Crippen LogP contribution is -2.38. The predicted octanol–water partition coefficient (Wildman–Crippen LogP) is 5.74. The summed E-state index contributed by atoms with van der Waals surface area (Å²) in [6, 6.07) is 8.66. The van der Waals surface area contributed by atoms with Gasteiger partial charge < -0.3 is 4.90 Å². The van der Waals surface area contributed by atoms with Crippen LogP contribution in [0.2, 0.25) is 5.02 Å². The van der Waals surface area contributed by atoms with Gasteiger partial charge in [0.05, 0.1) is 0 Å². The number of rotatable bonds is 4. The molecule has 0 radical (unpaired) electrons. The molecular formula is C20H30ClN. The molecule has 1 aromatic carbocycles. The summed E-state index contributed by atoms with van der Waals surface area (Å²) in [6.45, 7) is 6.20. The molecule has 122 valence electrons. The second-order valence-electron chi connectivity index (χ2n) is 7.54. The summed E-state index contributed by atoms with van der Waals surface area (Å²) in [5.41, 5.74) is 1.47. The van der Waals surface area contributed by atoms with Gasteiger partial charge in [-0.2, -0.15) is 0 Å². The number of halogens is 1. The first-order chi connectivity index (χ1) is 10.7. The largest absolute Gasteiger partial charge is 0.303 e. The van der Waals surface area contributed by atoms with Crippen LogP contribution in [0, 0.1) is 11.8 Å². The number of benzene rings is 1. The first kappa shape index (κ1) is 16.3. The molecule has 2 fully saturated rings. The van der Waals surface area contributed by atoms with Gasteiger partial charge in [0.15, 0.2) is 0 Å². The molecule has 0 spiro atoms. The lowest BCUT2D eigenvalue weighted by atomic mass is 9.76. The third-order valence-corrected chi connectivity index (χ3v) is 6.06. The highest BCUT2D eigenvalue weighted by Gasteiger charge is 2.28. The second-order valence-corrected chi connectivity index (χ2v) is 7.98. The van der Waals surface area contributed by atoms with Gasteiger partial charge in [0.2, 0.25) is 0 Å².